The van der Waals surface area contributed by atoms with E-state index in [2.05, 4.69) is 51.4 Å². The largest absolute Gasteiger partial charge is 0.308 e. The fourth-order valence-corrected chi connectivity index (χ4v) is 2.38. The zero-order chi connectivity index (χ0) is 13.1. The van der Waals surface area contributed by atoms with Crippen molar-refractivity contribution in [2.45, 2.75) is 59.0 Å². The van der Waals surface area contributed by atoms with Crippen LogP contribution in [0.1, 0.15) is 47.5 Å². The van der Waals surface area contributed by atoms with Gasteiger partial charge in [-0.25, -0.2) is 0 Å². The van der Waals surface area contributed by atoms with Gasteiger partial charge in [0, 0.05) is 24.7 Å². The van der Waals surface area contributed by atoms with Crippen LogP contribution in [0.4, 0.5) is 0 Å². The van der Waals surface area contributed by atoms with E-state index >= 15 is 0 Å². The van der Waals surface area contributed by atoms with Crippen LogP contribution >= 0.6 is 0 Å². The molecule has 1 heterocycles. The van der Waals surface area contributed by atoms with Gasteiger partial charge in [0.25, 0.3) is 0 Å². The highest BCUT2D eigenvalue weighted by molar-refractivity contribution is 5.02. The van der Waals surface area contributed by atoms with E-state index in [9.17, 15) is 0 Å². The summed E-state index contributed by atoms with van der Waals surface area (Å²) in [6.45, 7) is 18.7. The molecule has 1 saturated heterocycles. The Hall–Kier alpha value is -0.340. The molecular weight excluding hydrogens is 208 g/mol. The number of nitrogens with zero attached hydrogens (tertiary/aromatic N) is 1. The van der Waals surface area contributed by atoms with Gasteiger partial charge in [0.2, 0.25) is 0 Å². The second kappa shape index (κ2) is 6.01. The SMILES string of the molecule is C=C(CNC(C)(C)C)CN1CCCC(C)C1C. The first kappa shape index (κ1) is 14.7. The lowest BCUT2D eigenvalue weighted by molar-refractivity contribution is 0.124. The average molecular weight is 238 g/mol. The lowest BCUT2D eigenvalue weighted by atomic mass is 9.92. The first-order valence-electron chi connectivity index (χ1n) is 6.95. The Balaban J connectivity index is 2.35. The third-order valence-corrected chi connectivity index (χ3v) is 3.80. The Bertz CT molecular complexity index is 252. The highest BCUT2D eigenvalue weighted by atomic mass is 15.2. The van der Waals surface area contributed by atoms with E-state index in [1.165, 1.54) is 25.0 Å². The zero-order valence-corrected chi connectivity index (χ0v) is 12.3. The Morgan fingerprint density at radius 1 is 1.35 bits per heavy atom. The quantitative estimate of drug-likeness (QED) is 0.757. The van der Waals surface area contributed by atoms with Crippen molar-refractivity contribution in [3.63, 3.8) is 0 Å². The molecule has 0 aromatic carbocycles. The van der Waals surface area contributed by atoms with Gasteiger partial charge in [0.05, 0.1) is 0 Å². The highest BCUT2D eigenvalue weighted by Crippen LogP contribution is 2.23. The third-order valence-electron chi connectivity index (χ3n) is 3.80. The Labute approximate surface area is 107 Å². The standard InChI is InChI=1S/C15H30N2/c1-12(10-16-15(4,5)6)11-17-9-7-8-13(2)14(17)3/h13-14,16H,1,7-11H2,2-6H3. The molecule has 0 amide bonds. The van der Waals surface area contributed by atoms with Crippen molar-refractivity contribution >= 4 is 0 Å². The van der Waals surface area contributed by atoms with Crippen molar-refractivity contribution in [3.05, 3.63) is 12.2 Å². The molecule has 0 aromatic rings. The van der Waals surface area contributed by atoms with Crippen molar-refractivity contribution in [1.29, 1.82) is 0 Å². The zero-order valence-electron chi connectivity index (χ0n) is 12.3. The normalized spacial score (nSPS) is 27.1. The van der Waals surface area contributed by atoms with E-state index in [1.54, 1.807) is 0 Å². The van der Waals surface area contributed by atoms with Gasteiger partial charge < -0.3 is 5.32 Å². The number of piperidine rings is 1. The minimum absolute atomic E-state index is 0.184. The van der Waals surface area contributed by atoms with Crippen molar-refractivity contribution in [1.82, 2.24) is 10.2 Å². The van der Waals surface area contributed by atoms with E-state index in [0.717, 1.165) is 19.0 Å². The molecule has 0 aromatic heterocycles. The number of hydrogen-bond donors (Lipinski definition) is 1. The average Bonchev–Trinajstić information content (AvgIpc) is 2.21. The van der Waals surface area contributed by atoms with Crippen LogP contribution in [0.15, 0.2) is 12.2 Å². The summed E-state index contributed by atoms with van der Waals surface area (Å²) in [5, 5.41) is 3.51. The molecule has 0 bridgehead atoms. The van der Waals surface area contributed by atoms with Gasteiger partial charge in [-0.1, -0.05) is 13.5 Å². The van der Waals surface area contributed by atoms with E-state index < -0.39 is 0 Å². The lowest BCUT2D eigenvalue weighted by Gasteiger charge is -2.38. The van der Waals surface area contributed by atoms with Gasteiger partial charge in [0.1, 0.15) is 0 Å². The molecule has 17 heavy (non-hydrogen) atoms. The predicted molar refractivity (Wildman–Crippen MR) is 76.3 cm³/mol. The molecule has 1 fully saturated rings. The summed E-state index contributed by atoms with van der Waals surface area (Å²) in [7, 11) is 0. The number of likely N-dealkylation sites (tertiary alicyclic amines) is 1. The molecule has 0 radical (unpaired) electrons. The van der Waals surface area contributed by atoms with Crippen LogP contribution < -0.4 is 5.32 Å². The molecule has 0 aliphatic carbocycles. The summed E-state index contributed by atoms with van der Waals surface area (Å²) in [4.78, 5) is 2.58. The molecule has 2 nitrogen and oxygen atoms in total. The molecule has 2 unspecified atom stereocenters. The smallest absolute Gasteiger partial charge is 0.0205 e. The van der Waals surface area contributed by atoms with Gasteiger partial charge in [-0.3, -0.25) is 4.90 Å². The second-order valence-electron chi connectivity index (χ2n) is 6.68. The van der Waals surface area contributed by atoms with E-state index in [1.807, 2.05) is 0 Å². The summed E-state index contributed by atoms with van der Waals surface area (Å²) < 4.78 is 0. The van der Waals surface area contributed by atoms with Crippen molar-refractivity contribution in [2.24, 2.45) is 5.92 Å². The molecule has 100 valence electrons. The maximum atomic E-state index is 4.21. The molecular formula is C15H30N2. The van der Waals surface area contributed by atoms with Crippen LogP contribution in [0.3, 0.4) is 0 Å². The highest BCUT2D eigenvalue weighted by Gasteiger charge is 2.24. The van der Waals surface area contributed by atoms with Gasteiger partial charge in [-0.15, -0.1) is 0 Å². The second-order valence-corrected chi connectivity index (χ2v) is 6.68. The molecule has 0 saturated carbocycles. The monoisotopic (exact) mass is 238 g/mol. The molecule has 1 aliphatic rings. The maximum absolute atomic E-state index is 4.21. The fraction of sp³-hybridized carbons (Fsp3) is 0.867. The van der Waals surface area contributed by atoms with Crippen molar-refractivity contribution in [3.8, 4) is 0 Å². The maximum Gasteiger partial charge on any atom is 0.0205 e. The third kappa shape index (κ3) is 5.22. The van der Waals surface area contributed by atoms with Crippen LogP contribution in [-0.2, 0) is 0 Å². The Kier molecular flexibility index (Phi) is 5.21. The molecule has 1 N–H and O–H groups in total. The van der Waals surface area contributed by atoms with E-state index in [4.69, 9.17) is 0 Å². The van der Waals surface area contributed by atoms with Crippen LogP contribution in [0.2, 0.25) is 0 Å². The number of nitrogens with one attached hydrogen (secondary N) is 1. The minimum Gasteiger partial charge on any atom is -0.308 e. The topological polar surface area (TPSA) is 15.3 Å². The van der Waals surface area contributed by atoms with Crippen molar-refractivity contribution in [2.75, 3.05) is 19.6 Å². The first-order valence-corrected chi connectivity index (χ1v) is 6.95. The summed E-state index contributed by atoms with van der Waals surface area (Å²) >= 11 is 0. The summed E-state index contributed by atoms with van der Waals surface area (Å²) in [6.07, 6.45) is 2.72. The minimum atomic E-state index is 0.184. The van der Waals surface area contributed by atoms with E-state index in [-0.39, 0.29) is 5.54 Å². The lowest BCUT2D eigenvalue weighted by Crippen LogP contribution is -2.45. The number of rotatable bonds is 4. The Morgan fingerprint density at radius 2 is 2.00 bits per heavy atom. The Morgan fingerprint density at radius 3 is 2.59 bits per heavy atom. The van der Waals surface area contributed by atoms with Crippen molar-refractivity contribution < 1.29 is 0 Å². The van der Waals surface area contributed by atoms with Gasteiger partial charge in [0.15, 0.2) is 0 Å². The molecule has 0 spiro atoms. The van der Waals surface area contributed by atoms with Gasteiger partial charge >= 0.3 is 0 Å². The van der Waals surface area contributed by atoms with Gasteiger partial charge in [-0.05, 0) is 58.6 Å². The van der Waals surface area contributed by atoms with Gasteiger partial charge in [-0.2, -0.15) is 0 Å². The first-order chi connectivity index (χ1) is 7.79. The number of hydrogen-bond acceptors (Lipinski definition) is 2. The summed E-state index contributed by atoms with van der Waals surface area (Å²) in [6, 6.07) is 0.704. The molecule has 1 rings (SSSR count). The molecule has 1 aliphatic heterocycles. The van der Waals surface area contributed by atoms with Crippen LogP contribution in [0.25, 0.3) is 0 Å². The van der Waals surface area contributed by atoms with Crippen LogP contribution in [0, 0.1) is 5.92 Å². The molecule has 2 heteroatoms. The summed E-state index contributed by atoms with van der Waals surface area (Å²) in [5.74, 6) is 0.826. The van der Waals surface area contributed by atoms with E-state index in [0.29, 0.717) is 6.04 Å². The predicted octanol–water partition coefficient (Wildman–Crippen LogP) is 3.05. The van der Waals surface area contributed by atoms with Crippen LogP contribution in [-0.4, -0.2) is 36.1 Å². The van der Waals surface area contributed by atoms with Crippen LogP contribution in [0.5, 0.6) is 0 Å². The molecule has 2 atom stereocenters. The fourth-order valence-electron chi connectivity index (χ4n) is 2.38. The summed E-state index contributed by atoms with van der Waals surface area (Å²) in [5.41, 5.74) is 1.49.